The predicted octanol–water partition coefficient (Wildman–Crippen LogP) is 9.16. The van der Waals surface area contributed by atoms with Gasteiger partial charge in [0.2, 0.25) is 9.61 Å². The number of halogens is 7. The Labute approximate surface area is 335 Å². The Morgan fingerprint density at radius 1 is 0.907 bits per heavy atom. The van der Waals surface area contributed by atoms with E-state index in [2.05, 4.69) is 29.6 Å². The van der Waals surface area contributed by atoms with Gasteiger partial charge in [-0.2, -0.15) is 4.39 Å². The molecule has 1 N–H and O–H groups in total. The van der Waals surface area contributed by atoms with Crippen molar-refractivity contribution in [1.82, 2.24) is 15.1 Å². The molecule has 3 aromatic rings. The van der Waals surface area contributed by atoms with Gasteiger partial charge in [0, 0.05) is 31.2 Å². The van der Waals surface area contributed by atoms with Crippen LogP contribution in [0.4, 0.5) is 18.0 Å². The van der Waals surface area contributed by atoms with Crippen molar-refractivity contribution in [3.05, 3.63) is 106 Å². The Bertz CT molecular complexity index is 1850. The van der Waals surface area contributed by atoms with Crippen molar-refractivity contribution >= 4 is 64.8 Å². The molecule has 3 aromatic carbocycles. The van der Waals surface area contributed by atoms with Crippen LogP contribution in [0.3, 0.4) is 0 Å². The number of carbonyl (C=O) groups excluding carboxylic acids is 2. The van der Waals surface area contributed by atoms with Gasteiger partial charge in [-0.3, -0.25) is 9.69 Å². The van der Waals surface area contributed by atoms with E-state index in [0.717, 1.165) is 47.2 Å². The van der Waals surface area contributed by atoms with Crippen LogP contribution in [0.25, 0.3) is 5.57 Å². The normalized spacial score (nSPS) is 18.6. The van der Waals surface area contributed by atoms with E-state index in [0.29, 0.717) is 50.9 Å². The molecule has 2 aliphatic heterocycles. The molecule has 1 saturated carbocycles. The first-order chi connectivity index (χ1) is 25.1. The molecule has 7 nitrogen and oxygen atoms in total. The maximum atomic E-state index is 14.9. The van der Waals surface area contributed by atoms with E-state index in [-0.39, 0.29) is 37.0 Å². The number of alkyl halides is 3. The third kappa shape index (κ3) is 9.44. The number of nitrogens with one attached hydrogen (secondary N) is 1. The Hall–Kier alpha value is -3.15. The molecule has 1 aliphatic carbocycles. The number of aryl methyl sites for hydroxylation is 2. The van der Waals surface area contributed by atoms with Crippen LogP contribution in [-0.4, -0.2) is 75.6 Å². The maximum Gasteiger partial charge on any atom is 0.411 e. The second-order valence-electron chi connectivity index (χ2n) is 14.5. The van der Waals surface area contributed by atoms with Crippen LogP contribution in [0.15, 0.2) is 66.2 Å². The number of fused-ring (bicyclic) bond motifs is 2. The van der Waals surface area contributed by atoms with E-state index in [1.54, 1.807) is 4.90 Å². The number of amides is 2. The lowest BCUT2D eigenvalue weighted by atomic mass is 9.81. The van der Waals surface area contributed by atoms with Gasteiger partial charge in [-0.15, -0.1) is 12.4 Å². The molecule has 2 bridgehead atoms. The number of rotatable bonds is 12. The summed E-state index contributed by atoms with van der Waals surface area (Å²) in [5.41, 5.74) is 4.06. The molecule has 6 rings (SSSR count). The Kier molecular flexibility index (Phi) is 13.5. The molecule has 0 radical (unpaired) electrons. The lowest BCUT2D eigenvalue weighted by molar-refractivity contribution is -0.128. The van der Waals surface area contributed by atoms with Gasteiger partial charge in [-0.25, -0.2) is 13.6 Å². The zero-order valence-electron chi connectivity index (χ0n) is 30.3. The number of ether oxygens (including phenoxy) is 2. The molecule has 2 amide bonds. The summed E-state index contributed by atoms with van der Waals surface area (Å²) in [6, 6.07) is 16.8. The van der Waals surface area contributed by atoms with Crippen LogP contribution in [0.5, 0.6) is 5.75 Å². The number of benzene rings is 3. The van der Waals surface area contributed by atoms with Gasteiger partial charge in [-0.1, -0.05) is 88.9 Å². The lowest BCUT2D eigenvalue weighted by Crippen LogP contribution is -2.64. The topological polar surface area (TPSA) is 71.1 Å². The number of hydrogen-bond donors (Lipinski definition) is 1. The van der Waals surface area contributed by atoms with E-state index < -0.39 is 44.7 Å². The Morgan fingerprint density at radius 2 is 1.54 bits per heavy atom. The first-order valence-electron chi connectivity index (χ1n) is 17.9. The van der Waals surface area contributed by atoms with Gasteiger partial charge in [0.05, 0.1) is 18.7 Å². The standard InChI is InChI=1S/C40H43Cl3F3N3O4.ClH/c1-24-6-8-26(9-7-24)18-19-48(28-14-15-28)37(50)34-30(21-29-22-47-23-33(34)49(29)38(51)53-39(2,3)40(41,42)43)27-12-10-25(11-13-27)5-4-20-52-36-32(45)17-16-31(44)35(36)46;/h6-13,16-17,28-29,33,47H,4-5,14-15,18-23H2,1-3H3;1H/t29?,33-;/m1./s1. The largest absolute Gasteiger partial charge is 0.488 e. The molecule has 292 valence electrons. The summed E-state index contributed by atoms with van der Waals surface area (Å²) in [6.07, 6.45) is 3.21. The van der Waals surface area contributed by atoms with Crippen molar-refractivity contribution in [3.63, 3.8) is 0 Å². The van der Waals surface area contributed by atoms with Crippen molar-refractivity contribution < 1.29 is 32.2 Å². The molecule has 2 fully saturated rings. The summed E-state index contributed by atoms with van der Waals surface area (Å²) in [6.45, 7) is 6.45. The van der Waals surface area contributed by atoms with Crippen molar-refractivity contribution in [2.45, 2.75) is 86.8 Å². The molecule has 0 aromatic heterocycles. The van der Waals surface area contributed by atoms with Crippen molar-refractivity contribution in [2.24, 2.45) is 0 Å². The summed E-state index contributed by atoms with van der Waals surface area (Å²) in [7, 11) is 0. The molecule has 1 saturated heterocycles. The number of piperazine rings is 1. The van der Waals surface area contributed by atoms with Gasteiger partial charge < -0.3 is 19.7 Å². The molecule has 1 unspecified atom stereocenters. The quantitative estimate of drug-likeness (QED) is 0.112. The summed E-state index contributed by atoms with van der Waals surface area (Å²) >= 11 is 18.6. The fourth-order valence-electron chi connectivity index (χ4n) is 6.91. The third-order valence-corrected chi connectivity index (χ3v) is 11.5. The Morgan fingerprint density at radius 3 is 2.19 bits per heavy atom. The minimum atomic E-state index is -1.88. The monoisotopic (exact) mass is 827 g/mol. The maximum absolute atomic E-state index is 14.9. The molecule has 14 heteroatoms. The fraction of sp³-hybridized carbons (Fsp3) is 0.450. The van der Waals surface area contributed by atoms with Gasteiger partial charge in [-0.05, 0) is 93.7 Å². The minimum absolute atomic E-state index is 0. The zero-order chi connectivity index (χ0) is 38.1. The van der Waals surface area contributed by atoms with Crippen molar-refractivity contribution in [1.29, 1.82) is 0 Å². The first kappa shape index (κ1) is 42.0. The highest BCUT2D eigenvalue weighted by atomic mass is 35.6. The van der Waals surface area contributed by atoms with Crippen molar-refractivity contribution in [3.8, 4) is 5.75 Å². The van der Waals surface area contributed by atoms with Gasteiger partial charge in [0.25, 0.3) is 5.91 Å². The summed E-state index contributed by atoms with van der Waals surface area (Å²) in [4.78, 5) is 32.4. The first-order valence-corrected chi connectivity index (χ1v) is 19.0. The van der Waals surface area contributed by atoms with Crippen LogP contribution in [0.2, 0.25) is 0 Å². The fourth-order valence-corrected chi connectivity index (χ4v) is 7.02. The highest BCUT2D eigenvalue weighted by Gasteiger charge is 2.50. The summed E-state index contributed by atoms with van der Waals surface area (Å²) < 4.78 is 50.7. The molecule has 2 atom stereocenters. The number of carbonyl (C=O) groups is 2. The zero-order valence-corrected chi connectivity index (χ0v) is 33.4. The number of nitrogens with zero attached hydrogens (tertiary/aromatic N) is 2. The van der Waals surface area contributed by atoms with Crippen molar-refractivity contribution in [2.75, 3.05) is 26.2 Å². The van der Waals surface area contributed by atoms with Crippen LogP contribution in [0.1, 0.15) is 61.8 Å². The molecule has 3 aliphatic rings. The molecular formula is C40H44Cl4F3N3O4. The molecule has 2 heterocycles. The average Bonchev–Trinajstić information content (AvgIpc) is 3.95. The second kappa shape index (κ2) is 17.3. The van der Waals surface area contributed by atoms with Gasteiger partial charge >= 0.3 is 6.09 Å². The van der Waals surface area contributed by atoms with Gasteiger partial charge in [0.1, 0.15) is 0 Å². The van der Waals surface area contributed by atoms with Gasteiger partial charge in [0.15, 0.2) is 23.0 Å². The predicted molar refractivity (Wildman–Crippen MR) is 208 cm³/mol. The minimum Gasteiger partial charge on any atom is -0.488 e. The van der Waals surface area contributed by atoms with E-state index in [1.165, 1.54) is 19.4 Å². The summed E-state index contributed by atoms with van der Waals surface area (Å²) in [5, 5.41) is 3.42. The molecule has 0 spiro atoms. The van der Waals surface area contributed by atoms with Crippen LogP contribution < -0.4 is 10.1 Å². The van der Waals surface area contributed by atoms with Crippen LogP contribution >= 0.6 is 47.2 Å². The van der Waals surface area contributed by atoms with Crippen LogP contribution in [-0.2, 0) is 22.4 Å². The smallest absolute Gasteiger partial charge is 0.411 e. The average molecular weight is 830 g/mol. The molecular weight excluding hydrogens is 785 g/mol. The van der Waals surface area contributed by atoms with E-state index in [9.17, 15) is 22.8 Å². The summed E-state index contributed by atoms with van der Waals surface area (Å²) in [5.74, 6) is -4.33. The Balaban J connectivity index is 0.00000561. The molecule has 54 heavy (non-hydrogen) atoms. The lowest BCUT2D eigenvalue weighted by Gasteiger charge is -2.48. The van der Waals surface area contributed by atoms with Crippen LogP contribution in [0, 0.1) is 24.4 Å². The van der Waals surface area contributed by atoms with E-state index in [1.807, 2.05) is 36.1 Å². The van der Waals surface area contributed by atoms with E-state index >= 15 is 0 Å². The highest BCUT2D eigenvalue weighted by molar-refractivity contribution is 6.68. The number of hydrogen-bond acceptors (Lipinski definition) is 5. The SMILES string of the molecule is Cc1ccc(CCN(C(=O)C2=C(c3ccc(CCCOc4c(F)ccc(F)c4F)cc3)CC3CNC[C@H]2N3C(=O)OC(C)(C)C(Cl)(Cl)Cl)C2CC2)cc1.Cl. The third-order valence-electron chi connectivity index (χ3n) is 10.2. The van der Waals surface area contributed by atoms with E-state index in [4.69, 9.17) is 44.3 Å². The second-order valence-corrected chi connectivity index (χ2v) is 16.8. The highest BCUT2D eigenvalue weighted by Crippen LogP contribution is 2.43.